The van der Waals surface area contributed by atoms with E-state index in [9.17, 15) is 0 Å². The molecule has 64 heavy (non-hydrogen) atoms. The van der Waals surface area contributed by atoms with E-state index in [-0.39, 0.29) is 6.17 Å². The summed E-state index contributed by atoms with van der Waals surface area (Å²) in [6, 6.07) is 84.5. The molecule has 3 aliphatic rings. The van der Waals surface area contributed by atoms with E-state index in [1.807, 2.05) is 0 Å². The topological polar surface area (TPSA) is 27.6 Å². The molecule has 0 saturated carbocycles. The number of anilines is 3. The summed E-state index contributed by atoms with van der Waals surface area (Å²) in [5, 5.41) is 8.79. The minimum absolute atomic E-state index is 0.269. The van der Waals surface area contributed by atoms with E-state index < -0.39 is 5.41 Å². The first-order chi connectivity index (χ1) is 31.7. The molecule has 1 aliphatic carbocycles. The van der Waals surface area contributed by atoms with E-state index in [4.69, 9.17) is 4.99 Å². The van der Waals surface area contributed by atoms with Crippen molar-refractivity contribution in [1.29, 1.82) is 0 Å². The second-order valence-corrected chi connectivity index (χ2v) is 17.1. The second kappa shape index (κ2) is 14.4. The molecule has 1 atom stereocenters. The Hall–Kier alpha value is -8.27. The first-order valence-electron chi connectivity index (χ1n) is 22.1. The Balaban J connectivity index is 1.03. The quantitative estimate of drug-likeness (QED) is 0.187. The fraction of sp³-hybridized carbons (Fsp3) is 0.0328. The van der Waals surface area contributed by atoms with E-state index in [1.165, 1.54) is 77.4 Å². The predicted octanol–water partition coefficient (Wildman–Crippen LogP) is 14.9. The molecule has 10 aromatic carbocycles. The van der Waals surface area contributed by atoms with Crippen LogP contribution in [0, 0.1) is 0 Å². The predicted molar refractivity (Wildman–Crippen MR) is 266 cm³/mol. The summed E-state index contributed by atoms with van der Waals surface area (Å²) in [7, 11) is 0. The number of fused-ring (bicyclic) bond motifs is 11. The van der Waals surface area contributed by atoms with E-state index in [2.05, 4.69) is 247 Å². The van der Waals surface area contributed by atoms with Gasteiger partial charge in [0.05, 0.1) is 22.5 Å². The maximum atomic E-state index is 5.33. The molecular weight excluding hydrogens is 775 g/mol. The molecule has 3 nitrogen and oxygen atoms in total. The highest BCUT2D eigenvalue weighted by Crippen LogP contribution is 2.64. The largest absolute Gasteiger partial charge is 0.360 e. The molecular formula is C61H41N3. The van der Waals surface area contributed by atoms with Gasteiger partial charge < -0.3 is 10.2 Å². The minimum Gasteiger partial charge on any atom is -0.360 e. The third-order valence-electron chi connectivity index (χ3n) is 13.6. The number of allylic oxidation sites excluding steroid dienone is 1. The van der Waals surface area contributed by atoms with Crippen LogP contribution in [-0.2, 0) is 5.41 Å². The molecule has 3 heteroatoms. The Kier molecular flexibility index (Phi) is 8.19. The summed E-state index contributed by atoms with van der Waals surface area (Å²) < 4.78 is 0. The molecule has 1 spiro atoms. The van der Waals surface area contributed by atoms with Crippen molar-refractivity contribution >= 4 is 50.0 Å². The van der Waals surface area contributed by atoms with Crippen molar-refractivity contribution in [3.8, 4) is 22.3 Å². The molecule has 300 valence electrons. The average molecular weight is 816 g/mol. The van der Waals surface area contributed by atoms with Gasteiger partial charge in [0.25, 0.3) is 0 Å². The van der Waals surface area contributed by atoms with Crippen LogP contribution in [0.1, 0.15) is 45.1 Å². The number of hydrogen-bond acceptors (Lipinski definition) is 3. The minimum atomic E-state index is -0.595. The standard InChI is InChI=1S/C61H41N3/c1-4-16-40(17-5-1)41-28-30-43(31-29-41)60-62-56(42-18-6-2-7-19-42)39-57(63-60)48-32-33-53-51(34-48)50-26-14-15-27-52(50)61(53)54-35-44-20-10-12-22-46(44)37-58(54)64(49-24-8-3-9-25-49)59-38-47-23-13-11-21-45(47)36-55(59)61/h1-39,60,63H. The maximum Gasteiger partial charge on any atom is 0.145 e. The van der Waals surface area contributed by atoms with Gasteiger partial charge >= 0.3 is 0 Å². The number of hydrogen-bond donors (Lipinski definition) is 1. The zero-order chi connectivity index (χ0) is 42.2. The molecule has 0 amide bonds. The lowest BCUT2D eigenvalue weighted by Gasteiger charge is -2.45. The van der Waals surface area contributed by atoms with Gasteiger partial charge in [-0.05, 0) is 131 Å². The molecule has 13 rings (SSSR count). The molecule has 0 fully saturated rings. The molecule has 10 aromatic rings. The summed E-state index contributed by atoms with van der Waals surface area (Å²) in [5.74, 6) is 0. The molecule has 1 unspecified atom stereocenters. The van der Waals surface area contributed by atoms with Crippen LogP contribution >= 0.6 is 0 Å². The molecule has 0 bridgehead atoms. The number of benzene rings is 10. The highest BCUT2D eigenvalue weighted by Gasteiger charge is 2.52. The van der Waals surface area contributed by atoms with Crippen LogP contribution in [0.4, 0.5) is 17.1 Å². The van der Waals surface area contributed by atoms with E-state index in [0.717, 1.165) is 33.8 Å². The van der Waals surface area contributed by atoms with Crippen LogP contribution in [0.15, 0.2) is 242 Å². The van der Waals surface area contributed by atoms with Crippen molar-refractivity contribution in [3.63, 3.8) is 0 Å². The van der Waals surface area contributed by atoms with Crippen LogP contribution < -0.4 is 10.2 Å². The SMILES string of the molecule is C1=C(c2ccc3c(c2)-c2ccccc2C32c3cc4ccccc4cc3N(c3ccccc3)c3cc4ccccc4cc32)NC(c2ccc(-c3ccccc3)cc2)N=C1c1ccccc1. The highest BCUT2D eigenvalue weighted by atomic mass is 15.2. The molecule has 0 radical (unpaired) electrons. The Morgan fingerprint density at radius 2 is 0.891 bits per heavy atom. The van der Waals surface area contributed by atoms with E-state index >= 15 is 0 Å². The summed E-state index contributed by atoms with van der Waals surface area (Å²) in [5.41, 5.74) is 18.3. The Morgan fingerprint density at radius 3 is 1.53 bits per heavy atom. The molecule has 0 aromatic heterocycles. The maximum absolute atomic E-state index is 5.33. The van der Waals surface area contributed by atoms with Crippen LogP contribution in [0.25, 0.3) is 49.5 Å². The van der Waals surface area contributed by atoms with Crippen molar-refractivity contribution in [2.75, 3.05) is 4.90 Å². The van der Waals surface area contributed by atoms with Crippen LogP contribution in [0.3, 0.4) is 0 Å². The zero-order valence-electron chi connectivity index (χ0n) is 35.0. The van der Waals surface area contributed by atoms with Gasteiger partial charge in [0.15, 0.2) is 0 Å². The summed E-state index contributed by atoms with van der Waals surface area (Å²) in [4.78, 5) is 7.83. The third kappa shape index (κ3) is 5.57. The van der Waals surface area contributed by atoms with Crippen molar-refractivity contribution in [3.05, 3.63) is 276 Å². The number of para-hydroxylation sites is 1. The lowest BCUT2D eigenvalue weighted by molar-refractivity contribution is 0.664. The summed E-state index contributed by atoms with van der Waals surface area (Å²) >= 11 is 0. The third-order valence-corrected chi connectivity index (χ3v) is 13.6. The highest BCUT2D eigenvalue weighted by molar-refractivity contribution is 6.13. The van der Waals surface area contributed by atoms with Crippen molar-refractivity contribution in [2.24, 2.45) is 4.99 Å². The summed E-state index contributed by atoms with van der Waals surface area (Å²) in [6.45, 7) is 0. The Morgan fingerprint density at radius 1 is 0.391 bits per heavy atom. The van der Waals surface area contributed by atoms with Crippen LogP contribution in [0.5, 0.6) is 0 Å². The average Bonchev–Trinajstić information content (AvgIpc) is 3.66. The van der Waals surface area contributed by atoms with Gasteiger partial charge in [0, 0.05) is 11.4 Å². The van der Waals surface area contributed by atoms with Gasteiger partial charge in [-0.1, -0.05) is 188 Å². The Labute approximate surface area is 373 Å². The smallest absolute Gasteiger partial charge is 0.145 e. The van der Waals surface area contributed by atoms with Crippen LogP contribution in [-0.4, -0.2) is 5.71 Å². The van der Waals surface area contributed by atoms with E-state index in [1.54, 1.807) is 0 Å². The number of rotatable bonds is 5. The zero-order valence-corrected chi connectivity index (χ0v) is 35.0. The van der Waals surface area contributed by atoms with Crippen molar-refractivity contribution in [1.82, 2.24) is 5.32 Å². The first-order valence-corrected chi connectivity index (χ1v) is 22.1. The van der Waals surface area contributed by atoms with Gasteiger partial charge in [-0.2, -0.15) is 0 Å². The fourth-order valence-electron chi connectivity index (χ4n) is 10.7. The van der Waals surface area contributed by atoms with Gasteiger partial charge in [-0.25, -0.2) is 0 Å². The molecule has 2 heterocycles. The molecule has 2 aliphatic heterocycles. The normalized spacial score (nSPS) is 15.4. The van der Waals surface area contributed by atoms with E-state index in [0.29, 0.717) is 0 Å². The monoisotopic (exact) mass is 815 g/mol. The Bertz CT molecular complexity index is 3430. The number of nitrogens with one attached hydrogen (secondary N) is 1. The van der Waals surface area contributed by atoms with Crippen molar-refractivity contribution < 1.29 is 0 Å². The number of nitrogens with zero attached hydrogens (tertiary/aromatic N) is 2. The second-order valence-electron chi connectivity index (χ2n) is 17.1. The van der Waals surface area contributed by atoms with Gasteiger partial charge in [-0.3, -0.25) is 4.99 Å². The fourth-order valence-corrected chi connectivity index (χ4v) is 10.7. The molecule has 1 N–H and O–H groups in total. The van der Waals surface area contributed by atoms with Gasteiger partial charge in [0.2, 0.25) is 0 Å². The summed E-state index contributed by atoms with van der Waals surface area (Å²) in [6.07, 6.45) is 1.96. The number of aliphatic imine (C=N–C) groups is 1. The molecule has 0 saturated heterocycles. The lowest BCUT2D eigenvalue weighted by atomic mass is 9.64. The first kappa shape index (κ1) is 36.4. The van der Waals surface area contributed by atoms with Crippen molar-refractivity contribution in [2.45, 2.75) is 11.6 Å². The van der Waals surface area contributed by atoms with Gasteiger partial charge in [0.1, 0.15) is 6.17 Å². The van der Waals surface area contributed by atoms with Gasteiger partial charge in [-0.15, -0.1) is 0 Å². The van der Waals surface area contributed by atoms with Crippen LogP contribution in [0.2, 0.25) is 0 Å². The lowest BCUT2D eigenvalue weighted by Crippen LogP contribution is -2.36.